The van der Waals surface area contributed by atoms with Crippen LogP contribution in [0.1, 0.15) is 27.6 Å². The third-order valence-electron chi connectivity index (χ3n) is 2.62. The lowest BCUT2D eigenvalue weighted by Crippen LogP contribution is -2.28. The van der Waals surface area contributed by atoms with Crippen LogP contribution in [0.25, 0.3) is 0 Å². The summed E-state index contributed by atoms with van der Waals surface area (Å²) < 4.78 is 1.12. The zero-order valence-corrected chi connectivity index (χ0v) is 12.2. The highest BCUT2D eigenvalue weighted by Gasteiger charge is 2.14. The summed E-state index contributed by atoms with van der Waals surface area (Å²) in [5.74, 6) is 5.69. The molecular weight excluding hydrogens is 296 g/mol. The summed E-state index contributed by atoms with van der Waals surface area (Å²) in [6, 6.07) is 10.7. The van der Waals surface area contributed by atoms with Gasteiger partial charge in [-0.05, 0) is 47.5 Å². The molecule has 0 fully saturated rings. The minimum absolute atomic E-state index is 0.0601. The average molecular weight is 311 g/mol. The van der Waals surface area contributed by atoms with Crippen LogP contribution < -0.4 is 11.3 Å². The summed E-state index contributed by atoms with van der Waals surface area (Å²) >= 11 is 5.18. The molecule has 1 heterocycles. The maximum absolute atomic E-state index is 5.69. The number of benzene rings is 1. The largest absolute Gasteiger partial charge is 0.271 e. The van der Waals surface area contributed by atoms with Crippen molar-refractivity contribution < 1.29 is 0 Å². The standard InChI is InChI=1S/C13H15BrN2S/c1-8-5-9(2)7-10(6-8)13(16-15)11-3-4-12(14)17-11/h3-7,13,16H,15H2,1-2H3. The predicted molar refractivity (Wildman–Crippen MR) is 77.1 cm³/mol. The Kier molecular flexibility index (Phi) is 3.99. The van der Waals surface area contributed by atoms with E-state index in [1.54, 1.807) is 11.3 Å². The lowest BCUT2D eigenvalue weighted by Gasteiger charge is -2.16. The fourth-order valence-corrected chi connectivity index (χ4v) is 3.51. The first kappa shape index (κ1) is 12.8. The second-order valence-electron chi connectivity index (χ2n) is 4.16. The number of thiophene rings is 1. The molecule has 17 heavy (non-hydrogen) atoms. The molecule has 0 aliphatic rings. The molecule has 0 bridgehead atoms. The summed E-state index contributed by atoms with van der Waals surface area (Å²) in [7, 11) is 0. The number of aryl methyl sites for hydroxylation is 2. The number of nitrogens with two attached hydrogens (primary N) is 1. The van der Waals surface area contributed by atoms with E-state index in [0.717, 1.165) is 3.79 Å². The minimum Gasteiger partial charge on any atom is -0.271 e. The SMILES string of the molecule is Cc1cc(C)cc(C(NN)c2ccc(Br)s2)c1. The van der Waals surface area contributed by atoms with Crippen LogP contribution in [0.5, 0.6) is 0 Å². The molecular formula is C13H15BrN2S. The van der Waals surface area contributed by atoms with Gasteiger partial charge in [0, 0.05) is 4.88 Å². The Morgan fingerprint density at radius 3 is 2.29 bits per heavy atom. The second-order valence-corrected chi connectivity index (χ2v) is 6.66. The van der Waals surface area contributed by atoms with Crippen LogP contribution in [0, 0.1) is 13.8 Å². The Balaban J connectivity index is 2.41. The molecule has 3 N–H and O–H groups in total. The Morgan fingerprint density at radius 2 is 1.82 bits per heavy atom. The third-order valence-corrected chi connectivity index (χ3v) is 4.31. The van der Waals surface area contributed by atoms with Gasteiger partial charge in [0.05, 0.1) is 9.83 Å². The van der Waals surface area contributed by atoms with E-state index in [9.17, 15) is 0 Å². The molecule has 0 amide bonds. The lowest BCUT2D eigenvalue weighted by molar-refractivity contribution is 0.646. The maximum atomic E-state index is 5.69. The zero-order valence-electron chi connectivity index (χ0n) is 9.83. The molecule has 2 nitrogen and oxygen atoms in total. The number of hydrogen-bond acceptors (Lipinski definition) is 3. The van der Waals surface area contributed by atoms with Crippen molar-refractivity contribution in [3.8, 4) is 0 Å². The monoisotopic (exact) mass is 310 g/mol. The zero-order chi connectivity index (χ0) is 12.4. The molecule has 0 saturated carbocycles. The second kappa shape index (κ2) is 5.31. The molecule has 4 heteroatoms. The van der Waals surface area contributed by atoms with Gasteiger partial charge in [-0.2, -0.15) is 0 Å². The Hall–Kier alpha value is -0.680. The molecule has 0 aliphatic carbocycles. The van der Waals surface area contributed by atoms with Gasteiger partial charge in [0.1, 0.15) is 0 Å². The molecule has 0 saturated heterocycles. The Bertz CT molecular complexity index is 502. The van der Waals surface area contributed by atoms with Gasteiger partial charge in [-0.1, -0.05) is 29.3 Å². The molecule has 90 valence electrons. The van der Waals surface area contributed by atoms with E-state index in [1.165, 1.54) is 21.6 Å². The Morgan fingerprint density at radius 1 is 1.18 bits per heavy atom. The highest BCUT2D eigenvalue weighted by atomic mass is 79.9. The van der Waals surface area contributed by atoms with Gasteiger partial charge in [-0.25, -0.2) is 5.43 Å². The van der Waals surface area contributed by atoms with E-state index in [4.69, 9.17) is 5.84 Å². The maximum Gasteiger partial charge on any atom is 0.0803 e. The quantitative estimate of drug-likeness (QED) is 0.670. The minimum atomic E-state index is 0.0601. The van der Waals surface area contributed by atoms with Crippen molar-refractivity contribution >= 4 is 27.3 Å². The summed E-state index contributed by atoms with van der Waals surface area (Å²) in [5.41, 5.74) is 6.62. The van der Waals surface area contributed by atoms with Crippen molar-refractivity contribution in [2.45, 2.75) is 19.9 Å². The molecule has 1 atom stereocenters. The molecule has 1 unspecified atom stereocenters. The molecule has 0 radical (unpaired) electrons. The molecule has 2 aromatic rings. The fourth-order valence-electron chi connectivity index (χ4n) is 2.00. The van der Waals surface area contributed by atoms with Gasteiger partial charge in [0.25, 0.3) is 0 Å². The van der Waals surface area contributed by atoms with Gasteiger partial charge < -0.3 is 0 Å². The normalized spacial score (nSPS) is 12.7. The van der Waals surface area contributed by atoms with Gasteiger partial charge in [0.2, 0.25) is 0 Å². The number of hydrogen-bond donors (Lipinski definition) is 2. The highest BCUT2D eigenvalue weighted by molar-refractivity contribution is 9.11. The number of hydrazine groups is 1. The van der Waals surface area contributed by atoms with Crippen LogP contribution >= 0.6 is 27.3 Å². The van der Waals surface area contributed by atoms with E-state index >= 15 is 0 Å². The topological polar surface area (TPSA) is 38.0 Å². The van der Waals surface area contributed by atoms with Gasteiger partial charge in [-0.15, -0.1) is 11.3 Å². The van der Waals surface area contributed by atoms with Gasteiger partial charge in [-0.3, -0.25) is 5.84 Å². The first-order chi connectivity index (χ1) is 8.10. The van der Waals surface area contributed by atoms with Gasteiger partial charge in [0.15, 0.2) is 0 Å². The number of halogens is 1. The van der Waals surface area contributed by atoms with E-state index in [2.05, 4.69) is 59.5 Å². The van der Waals surface area contributed by atoms with Crippen LogP contribution in [0.4, 0.5) is 0 Å². The predicted octanol–water partition coefficient (Wildman–Crippen LogP) is 3.68. The molecule has 1 aromatic heterocycles. The fraction of sp³-hybridized carbons (Fsp3) is 0.231. The van der Waals surface area contributed by atoms with E-state index in [1.807, 2.05) is 6.07 Å². The van der Waals surface area contributed by atoms with Crippen LogP contribution in [-0.2, 0) is 0 Å². The van der Waals surface area contributed by atoms with Crippen molar-refractivity contribution in [1.82, 2.24) is 5.43 Å². The van der Waals surface area contributed by atoms with E-state index < -0.39 is 0 Å². The van der Waals surface area contributed by atoms with Crippen molar-refractivity contribution in [1.29, 1.82) is 0 Å². The Labute approximate surface area is 114 Å². The summed E-state index contributed by atoms with van der Waals surface area (Å²) in [4.78, 5) is 1.21. The summed E-state index contributed by atoms with van der Waals surface area (Å²) in [6.45, 7) is 4.21. The number of nitrogens with one attached hydrogen (secondary N) is 1. The third kappa shape index (κ3) is 2.96. The van der Waals surface area contributed by atoms with Gasteiger partial charge >= 0.3 is 0 Å². The first-order valence-corrected chi connectivity index (χ1v) is 7.00. The number of rotatable bonds is 3. The lowest BCUT2D eigenvalue weighted by atomic mass is 10.0. The van der Waals surface area contributed by atoms with Crippen molar-refractivity contribution in [2.75, 3.05) is 0 Å². The van der Waals surface area contributed by atoms with Crippen LogP contribution in [0.15, 0.2) is 34.1 Å². The molecule has 0 aliphatic heterocycles. The van der Waals surface area contributed by atoms with Crippen LogP contribution in [-0.4, -0.2) is 0 Å². The average Bonchev–Trinajstić information content (AvgIpc) is 2.64. The highest BCUT2D eigenvalue weighted by Crippen LogP contribution is 2.31. The van der Waals surface area contributed by atoms with E-state index in [0.29, 0.717) is 0 Å². The smallest absolute Gasteiger partial charge is 0.0803 e. The van der Waals surface area contributed by atoms with Crippen LogP contribution in [0.3, 0.4) is 0 Å². The molecule has 1 aromatic carbocycles. The van der Waals surface area contributed by atoms with Crippen LogP contribution in [0.2, 0.25) is 0 Å². The molecule has 2 rings (SSSR count). The van der Waals surface area contributed by atoms with Crippen molar-refractivity contribution in [3.63, 3.8) is 0 Å². The van der Waals surface area contributed by atoms with E-state index in [-0.39, 0.29) is 6.04 Å². The van der Waals surface area contributed by atoms with Crippen molar-refractivity contribution in [3.05, 3.63) is 55.7 Å². The van der Waals surface area contributed by atoms with Crippen molar-refractivity contribution in [2.24, 2.45) is 5.84 Å². The summed E-state index contributed by atoms with van der Waals surface area (Å²) in [6.07, 6.45) is 0. The molecule has 0 spiro atoms. The first-order valence-electron chi connectivity index (χ1n) is 5.39. The summed E-state index contributed by atoms with van der Waals surface area (Å²) in [5, 5.41) is 0.